The van der Waals surface area contributed by atoms with E-state index in [4.69, 9.17) is 11.6 Å². The highest BCUT2D eigenvalue weighted by molar-refractivity contribution is 6.17. The second-order valence-electron chi connectivity index (χ2n) is 2.70. The lowest BCUT2D eigenvalue weighted by Crippen LogP contribution is -1.99. The summed E-state index contributed by atoms with van der Waals surface area (Å²) in [6.07, 6.45) is -0.618. The number of aliphatic hydroxyl groups excluding tert-OH is 1. The summed E-state index contributed by atoms with van der Waals surface area (Å²) in [5.74, 6) is -1.13. The summed E-state index contributed by atoms with van der Waals surface area (Å²) in [7, 11) is 0. The van der Waals surface area contributed by atoms with Crippen molar-refractivity contribution in [2.75, 3.05) is 5.88 Å². The summed E-state index contributed by atoms with van der Waals surface area (Å²) in [6.45, 7) is 0. The maximum atomic E-state index is 12.6. The number of rotatable bonds is 3. The van der Waals surface area contributed by atoms with Crippen LogP contribution in [0, 0.1) is 11.6 Å². The van der Waals surface area contributed by atoms with Gasteiger partial charge in [0.15, 0.2) is 0 Å². The van der Waals surface area contributed by atoms with Crippen LogP contribution in [0.4, 0.5) is 8.78 Å². The molecular formula is C9H9ClF2O. The summed E-state index contributed by atoms with van der Waals surface area (Å²) < 4.78 is 25.3. The predicted molar refractivity (Wildman–Crippen MR) is 46.7 cm³/mol. The Labute approximate surface area is 80.0 Å². The SMILES string of the molecule is OC(CCCl)c1cc(F)cc(F)c1. The molecular weight excluding hydrogens is 198 g/mol. The first kappa shape index (κ1) is 10.4. The first-order chi connectivity index (χ1) is 6.13. The Hall–Kier alpha value is -0.670. The highest BCUT2D eigenvalue weighted by Gasteiger charge is 2.09. The Bertz CT molecular complexity index is 271. The van der Waals surface area contributed by atoms with Crippen molar-refractivity contribution >= 4 is 11.6 Å². The summed E-state index contributed by atoms with van der Waals surface area (Å²) >= 11 is 5.38. The number of alkyl halides is 1. The molecule has 0 bridgehead atoms. The molecule has 1 rings (SSSR count). The Morgan fingerprint density at radius 3 is 2.23 bits per heavy atom. The third kappa shape index (κ3) is 2.94. The van der Waals surface area contributed by atoms with Gasteiger partial charge in [-0.25, -0.2) is 8.78 Å². The molecule has 0 aliphatic rings. The van der Waals surface area contributed by atoms with Crippen molar-refractivity contribution in [2.24, 2.45) is 0 Å². The van der Waals surface area contributed by atoms with Crippen molar-refractivity contribution in [2.45, 2.75) is 12.5 Å². The quantitative estimate of drug-likeness (QED) is 0.754. The molecule has 1 nitrogen and oxygen atoms in total. The number of halogens is 3. The first-order valence-corrected chi connectivity index (χ1v) is 4.37. The Balaban J connectivity index is 2.87. The van der Waals surface area contributed by atoms with E-state index >= 15 is 0 Å². The second kappa shape index (κ2) is 4.53. The first-order valence-electron chi connectivity index (χ1n) is 3.83. The van der Waals surface area contributed by atoms with Crippen LogP contribution >= 0.6 is 11.6 Å². The molecule has 0 saturated carbocycles. The zero-order valence-corrected chi connectivity index (χ0v) is 7.56. The van der Waals surface area contributed by atoms with Gasteiger partial charge >= 0.3 is 0 Å². The molecule has 72 valence electrons. The van der Waals surface area contributed by atoms with E-state index in [1.807, 2.05) is 0 Å². The molecule has 0 saturated heterocycles. The van der Waals surface area contributed by atoms with E-state index in [1.54, 1.807) is 0 Å². The number of hydrogen-bond donors (Lipinski definition) is 1. The van der Waals surface area contributed by atoms with Crippen LogP contribution in [0.2, 0.25) is 0 Å². The van der Waals surface area contributed by atoms with Crippen LogP contribution in [0.15, 0.2) is 18.2 Å². The van der Waals surface area contributed by atoms with Crippen LogP contribution in [0.3, 0.4) is 0 Å². The maximum Gasteiger partial charge on any atom is 0.126 e. The molecule has 0 spiro atoms. The van der Waals surface area contributed by atoms with Crippen molar-refractivity contribution in [1.82, 2.24) is 0 Å². The standard InChI is InChI=1S/C9H9ClF2O/c10-2-1-9(13)6-3-7(11)5-8(12)4-6/h3-5,9,13H,1-2H2. The fourth-order valence-electron chi connectivity index (χ4n) is 1.04. The van der Waals surface area contributed by atoms with Crippen LogP contribution in [0.1, 0.15) is 18.1 Å². The van der Waals surface area contributed by atoms with Crippen LogP contribution in [-0.4, -0.2) is 11.0 Å². The molecule has 1 aromatic carbocycles. The smallest absolute Gasteiger partial charge is 0.126 e. The minimum absolute atomic E-state index is 0.221. The van der Waals surface area contributed by atoms with Crippen LogP contribution in [-0.2, 0) is 0 Å². The van der Waals surface area contributed by atoms with Crippen molar-refractivity contribution < 1.29 is 13.9 Å². The average Bonchev–Trinajstić information content (AvgIpc) is 2.03. The fraction of sp³-hybridized carbons (Fsp3) is 0.333. The van der Waals surface area contributed by atoms with E-state index in [0.717, 1.165) is 18.2 Å². The molecule has 0 aliphatic heterocycles. The molecule has 1 unspecified atom stereocenters. The zero-order valence-electron chi connectivity index (χ0n) is 6.80. The minimum Gasteiger partial charge on any atom is -0.388 e. The predicted octanol–water partition coefficient (Wildman–Crippen LogP) is 2.63. The molecule has 0 amide bonds. The lowest BCUT2D eigenvalue weighted by atomic mass is 10.1. The van der Waals surface area contributed by atoms with E-state index in [9.17, 15) is 13.9 Å². The van der Waals surface area contributed by atoms with E-state index in [0.29, 0.717) is 0 Å². The summed E-state index contributed by atoms with van der Waals surface area (Å²) in [6, 6.07) is 2.96. The van der Waals surface area contributed by atoms with Crippen molar-refractivity contribution in [3.05, 3.63) is 35.4 Å². The van der Waals surface area contributed by atoms with Gasteiger partial charge in [-0.05, 0) is 24.1 Å². The van der Waals surface area contributed by atoms with Crippen molar-refractivity contribution in [1.29, 1.82) is 0 Å². The number of aliphatic hydroxyl groups is 1. The molecule has 1 atom stereocenters. The molecule has 0 heterocycles. The molecule has 13 heavy (non-hydrogen) atoms. The molecule has 1 aromatic rings. The molecule has 0 radical (unpaired) electrons. The molecule has 0 aliphatic carbocycles. The van der Waals surface area contributed by atoms with Crippen molar-refractivity contribution in [3.63, 3.8) is 0 Å². The number of hydrogen-bond acceptors (Lipinski definition) is 1. The second-order valence-corrected chi connectivity index (χ2v) is 3.07. The lowest BCUT2D eigenvalue weighted by molar-refractivity contribution is 0.173. The van der Waals surface area contributed by atoms with Crippen LogP contribution < -0.4 is 0 Å². The topological polar surface area (TPSA) is 20.2 Å². The number of benzene rings is 1. The molecule has 0 fully saturated rings. The summed E-state index contributed by atoms with van der Waals surface area (Å²) in [5.41, 5.74) is 0.221. The fourth-order valence-corrected chi connectivity index (χ4v) is 1.24. The Morgan fingerprint density at radius 2 is 1.77 bits per heavy atom. The van der Waals surface area contributed by atoms with E-state index < -0.39 is 17.7 Å². The normalized spacial score (nSPS) is 12.9. The van der Waals surface area contributed by atoms with Crippen LogP contribution in [0.5, 0.6) is 0 Å². The van der Waals surface area contributed by atoms with Gasteiger partial charge in [-0.3, -0.25) is 0 Å². The summed E-state index contributed by atoms with van der Waals surface area (Å²) in [4.78, 5) is 0. The van der Waals surface area contributed by atoms with E-state index in [-0.39, 0.29) is 17.9 Å². The van der Waals surface area contributed by atoms with Crippen molar-refractivity contribution in [3.8, 4) is 0 Å². The van der Waals surface area contributed by atoms with Gasteiger partial charge in [0, 0.05) is 11.9 Å². The lowest BCUT2D eigenvalue weighted by Gasteiger charge is -2.08. The largest absolute Gasteiger partial charge is 0.388 e. The van der Waals surface area contributed by atoms with Gasteiger partial charge in [-0.15, -0.1) is 11.6 Å². The van der Waals surface area contributed by atoms with Gasteiger partial charge in [0.1, 0.15) is 11.6 Å². The average molecular weight is 207 g/mol. The minimum atomic E-state index is -0.900. The third-order valence-electron chi connectivity index (χ3n) is 1.65. The van der Waals surface area contributed by atoms with E-state index in [2.05, 4.69) is 0 Å². The summed E-state index contributed by atoms with van der Waals surface area (Å²) in [5, 5.41) is 9.35. The Kier molecular flexibility index (Phi) is 3.63. The van der Waals surface area contributed by atoms with Gasteiger partial charge in [-0.1, -0.05) is 0 Å². The Morgan fingerprint density at radius 1 is 1.23 bits per heavy atom. The maximum absolute atomic E-state index is 12.6. The molecule has 1 N–H and O–H groups in total. The highest BCUT2D eigenvalue weighted by Crippen LogP contribution is 2.19. The van der Waals surface area contributed by atoms with Gasteiger partial charge in [0.2, 0.25) is 0 Å². The van der Waals surface area contributed by atoms with Gasteiger partial charge < -0.3 is 5.11 Å². The highest BCUT2D eigenvalue weighted by atomic mass is 35.5. The van der Waals surface area contributed by atoms with Gasteiger partial charge in [-0.2, -0.15) is 0 Å². The monoisotopic (exact) mass is 206 g/mol. The van der Waals surface area contributed by atoms with Crippen LogP contribution in [0.25, 0.3) is 0 Å². The zero-order chi connectivity index (χ0) is 9.84. The van der Waals surface area contributed by atoms with E-state index in [1.165, 1.54) is 0 Å². The van der Waals surface area contributed by atoms with Gasteiger partial charge in [0.05, 0.1) is 6.10 Å². The van der Waals surface area contributed by atoms with Gasteiger partial charge in [0.25, 0.3) is 0 Å². The molecule has 4 heteroatoms. The third-order valence-corrected chi connectivity index (χ3v) is 1.87. The molecule has 0 aromatic heterocycles.